The number of carbonyl (C=O) groups excluding carboxylic acids is 3. The number of hydrogen-bond acceptors (Lipinski definition) is 9. The van der Waals surface area contributed by atoms with Crippen molar-refractivity contribution in [2.45, 2.75) is 39.5 Å². The van der Waals surface area contributed by atoms with Gasteiger partial charge in [0, 0.05) is 42.9 Å². The third kappa shape index (κ3) is 7.31. The molecule has 2 aromatic carbocycles. The van der Waals surface area contributed by atoms with Crippen molar-refractivity contribution in [3.05, 3.63) is 64.7 Å². The van der Waals surface area contributed by atoms with E-state index >= 15 is 8.78 Å². The highest BCUT2D eigenvalue weighted by Crippen LogP contribution is 2.39. The smallest absolute Gasteiger partial charge is 0.379 e. The number of nitrogens with zero attached hydrogens (tertiary/aromatic N) is 5. The third-order valence-electron chi connectivity index (χ3n) is 7.61. The molecular formula is C31H32F5N7O5. The number of nitrogens with one attached hydrogen (secondary N) is 2. The van der Waals surface area contributed by atoms with Gasteiger partial charge in [-0.15, -0.1) is 0 Å². The number of amides is 3. The van der Waals surface area contributed by atoms with Crippen LogP contribution in [0.2, 0.25) is 0 Å². The van der Waals surface area contributed by atoms with Crippen LogP contribution in [0.3, 0.4) is 0 Å². The second-order valence-corrected chi connectivity index (χ2v) is 11.3. The summed E-state index contributed by atoms with van der Waals surface area (Å²) in [6.45, 7) is 7.77. The number of halogens is 5. The number of urea groups is 1. The van der Waals surface area contributed by atoms with Gasteiger partial charge in [0.15, 0.2) is 5.82 Å². The molecular weight excluding hydrogens is 645 g/mol. The number of benzene rings is 2. The van der Waals surface area contributed by atoms with Crippen LogP contribution in [-0.4, -0.2) is 89.4 Å². The van der Waals surface area contributed by atoms with Gasteiger partial charge in [-0.05, 0) is 50.6 Å². The zero-order chi connectivity index (χ0) is 34.7. The number of hydroxylamine groups is 2. The summed E-state index contributed by atoms with van der Waals surface area (Å²) in [4.78, 5) is 54.7. The van der Waals surface area contributed by atoms with E-state index in [1.165, 1.54) is 32.0 Å². The second-order valence-electron chi connectivity index (χ2n) is 11.3. The number of anilines is 3. The number of carbonyl (C=O) groups is 3. The summed E-state index contributed by atoms with van der Waals surface area (Å²) in [7, 11) is 0. The third-order valence-corrected chi connectivity index (χ3v) is 7.61. The minimum atomic E-state index is -5.34. The first-order chi connectivity index (χ1) is 22.8. The van der Waals surface area contributed by atoms with E-state index in [1.54, 1.807) is 6.92 Å². The zero-order valence-electron chi connectivity index (χ0n) is 26.2. The van der Waals surface area contributed by atoms with Crippen LogP contribution in [0, 0.1) is 18.6 Å². The average molecular weight is 678 g/mol. The quantitative estimate of drug-likeness (QED) is 0.257. The van der Waals surface area contributed by atoms with E-state index in [2.05, 4.69) is 30.3 Å². The zero-order valence-corrected chi connectivity index (χ0v) is 26.2. The van der Waals surface area contributed by atoms with Crippen molar-refractivity contribution in [2.24, 2.45) is 0 Å². The first kappa shape index (κ1) is 34.4. The number of para-hydroxylation sites is 1. The summed E-state index contributed by atoms with van der Waals surface area (Å²) in [6.07, 6.45) is -5.34. The summed E-state index contributed by atoms with van der Waals surface area (Å²) < 4.78 is 74.4. The Balaban J connectivity index is 1.60. The standard InChI is InChI=1S/C31H32F5N7O5/c1-17(2)43(48-28(45)31(34,35)36)27(44)19-8-7-18(3)20(15-19)24-21-16-38-30(46)42(25-22(32)5-4-6-23(25)33)26(21)40-29(39-24)37-9-10-41-11-13-47-14-12-41/h4-8,15,17H,9-14,16H2,1-3H3,(H,38,46)(H,37,39,40). The molecule has 48 heavy (non-hydrogen) atoms. The van der Waals surface area contributed by atoms with Crippen molar-refractivity contribution in [1.29, 1.82) is 0 Å². The number of alkyl halides is 3. The summed E-state index contributed by atoms with van der Waals surface area (Å²) in [6, 6.07) is 5.53. The molecule has 256 valence electrons. The predicted octanol–water partition coefficient (Wildman–Crippen LogP) is 4.71. The summed E-state index contributed by atoms with van der Waals surface area (Å²) in [5.41, 5.74) is 0.450. The van der Waals surface area contributed by atoms with E-state index in [0.717, 1.165) is 23.1 Å². The molecule has 2 N–H and O–H groups in total. The average Bonchev–Trinajstić information content (AvgIpc) is 3.04. The number of hydrogen-bond donors (Lipinski definition) is 2. The molecule has 0 aliphatic carbocycles. The minimum absolute atomic E-state index is 0.00695. The van der Waals surface area contributed by atoms with Crippen LogP contribution in [0.25, 0.3) is 11.3 Å². The van der Waals surface area contributed by atoms with Crippen molar-refractivity contribution in [2.75, 3.05) is 49.6 Å². The normalized spacial score (nSPS) is 15.2. The molecule has 2 aliphatic rings. The van der Waals surface area contributed by atoms with Gasteiger partial charge in [-0.25, -0.2) is 28.3 Å². The van der Waals surface area contributed by atoms with Gasteiger partial charge in [-0.1, -0.05) is 12.1 Å². The fourth-order valence-electron chi connectivity index (χ4n) is 5.18. The number of aromatic nitrogens is 2. The molecule has 0 bridgehead atoms. The van der Waals surface area contributed by atoms with Gasteiger partial charge in [0.25, 0.3) is 5.91 Å². The van der Waals surface area contributed by atoms with Crippen molar-refractivity contribution >= 4 is 35.4 Å². The first-order valence-corrected chi connectivity index (χ1v) is 15.0. The molecule has 5 rings (SSSR count). The lowest BCUT2D eigenvalue weighted by Gasteiger charge is -2.31. The Morgan fingerprint density at radius 1 is 1.10 bits per heavy atom. The van der Waals surface area contributed by atoms with Crippen molar-refractivity contribution < 1.29 is 45.9 Å². The molecule has 17 heteroatoms. The molecule has 3 aromatic rings. The van der Waals surface area contributed by atoms with Crippen molar-refractivity contribution in [1.82, 2.24) is 25.2 Å². The number of rotatable bonds is 8. The van der Waals surface area contributed by atoms with Gasteiger partial charge in [-0.3, -0.25) is 9.69 Å². The molecule has 1 fully saturated rings. The minimum Gasteiger partial charge on any atom is -0.379 e. The van der Waals surface area contributed by atoms with E-state index in [-0.39, 0.29) is 35.1 Å². The Labute approximate surface area is 271 Å². The predicted molar refractivity (Wildman–Crippen MR) is 162 cm³/mol. The highest BCUT2D eigenvalue weighted by atomic mass is 19.4. The topological polar surface area (TPSA) is 129 Å². The summed E-state index contributed by atoms with van der Waals surface area (Å²) >= 11 is 0. The Bertz CT molecular complexity index is 1700. The van der Waals surface area contributed by atoms with Crippen LogP contribution < -0.4 is 15.5 Å². The van der Waals surface area contributed by atoms with Crippen LogP contribution in [0.15, 0.2) is 36.4 Å². The van der Waals surface area contributed by atoms with Crippen molar-refractivity contribution in [3.63, 3.8) is 0 Å². The number of morpholine rings is 1. The van der Waals surface area contributed by atoms with Gasteiger partial charge in [0.05, 0.1) is 31.5 Å². The molecule has 0 radical (unpaired) electrons. The van der Waals surface area contributed by atoms with E-state index in [9.17, 15) is 27.6 Å². The van der Waals surface area contributed by atoms with E-state index in [4.69, 9.17) is 4.74 Å². The lowest BCUT2D eigenvalue weighted by molar-refractivity contribution is -0.232. The van der Waals surface area contributed by atoms with E-state index in [1.807, 2.05) is 0 Å². The molecule has 2 aliphatic heterocycles. The summed E-state index contributed by atoms with van der Waals surface area (Å²) in [5, 5.41) is 6.00. The molecule has 0 spiro atoms. The van der Waals surface area contributed by atoms with Gasteiger partial charge in [-0.2, -0.15) is 23.2 Å². The Hall–Kier alpha value is -4.90. The molecule has 0 unspecified atom stereocenters. The monoisotopic (exact) mass is 677 g/mol. The SMILES string of the molecule is Cc1ccc(C(=O)N(OC(=O)C(F)(F)F)C(C)C)cc1-c1nc(NCCN2CCOCC2)nc2c1CNC(=O)N2c1c(F)cccc1F. The molecule has 1 saturated heterocycles. The lowest BCUT2D eigenvalue weighted by Crippen LogP contribution is -2.43. The van der Waals surface area contributed by atoms with E-state index in [0.29, 0.717) is 55.6 Å². The van der Waals surface area contributed by atoms with Crippen LogP contribution >= 0.6 is 0 Å². The Morgan fingerprint density at radius 2 is 1.79 bits per heavy atom. The van der Waals surface area contributed by atoms with Gasteiger partial charge >= 0.3 is 18.2 Å². The maximum Gasteiger partial charge on any atom is 0.493 e. The van der Waals surface area contributed by atoms with Crippen molar-refractivity contribution in [3.8, 4) is 11.3 Å². The second kappa shape index (κ2) is 14.1. The van der Waals surface area contributed by atoms with E-state index < -0.39 is 47.4 Å². The van der Waals surface area contributed by atoms with Crippen LogP contribution in [0.4, 0.5) is 44.2 Å². The molecule has 3 heterocycles. The van der Waals surface area contributed by atoms with Gasteiger partial charge in [0.1, 0.15) is 17.3 Å². The largest absolute Gasteiger partial charge is 0.493 e. The Morgan fingerprint density at radius 3 is 2.44 bits per heavy atom. The molecule has 1 aromatic heterocycles. The molecule has 3 amide bonds. The van der Waals surface area contributed by atoms with Crippen LogP contribution in [0.1, 0.15) is 35.3 Å². The lowest BCUT2D eigenvalue weighted by atomic mass is 9.97. The maximum atomic E-state index is 15.1. The Kier molecular flexibility index (Phi) is 10.1. The molecule has 0 atom stereocenters. The highest BCUT2D eigenvalue weighted by Gasteiger charge is 2.44. The summed E-state index contributed by atoms with van der Waals surface area (Å²) in [5.74, 6) is -5.77. The van der Waals surface area contributed by atoms with Crippen LogP contribution in [-0.2, 0) is 20.9 Å². The number of fused-ring (bicyclic) bond motifs is 1. The van der Waals surface area contributed by atoms with Gasteiger partial charge in [0.2, 0.25) is 5.95 Å². The molecule has 12 nitrogen and oxygen atoms in total. The fourth-order valence-corrected chi connectivity index (χ4v) is 5.18. The number of aryl methyl sites for hydroxylation is 1. The van der Waals surface area contributed by atoms with Gasteiger partial charge < -0.3 is 20.2 Å². The highest BCUT2D eigenvalue weighted by molar-refractivity contribution is 6.02. The first-order valence-electron chi connectivity index (χ1n) is 15.0. The van der Waals surface area contributed by atoms with Crippen LogP contribution in [0.5, 0.6) is 0 Å². The fraction of sp³-hybridized carbons (Fsp3) is 0.387. The number of ether oxygens (including phenoxy) is 1. The maximum absolute atomic E-state index is 15.1. The molecule has 0 saturated carbocycles.